The van der Waals surface area contributed by atoms with Gasteiger partial charge >= 0.3 is 0 Å². The van der Waals surface area contributed by atoms with Crippen LogP contribution in [-0.2, 0) is 6.54 Å². The zero-order valence-electron chi connectivity index (χ0n) is 9.28. The highest BCUT2D eigenvalue weighted by molar-refractivity contribution is 5.42. The van der Waals surface area contributed by atoms with Crippen molar-refractivity contribution >= 4 is 17.6 Å². The van der Waals surface area contributed by atoms with Gasteiger partial charge in [0.2, 0.25) is 11.9 Å². The second kappa shape index (κ2) is 5.04. The molecule has 0 unspecified atom stereocenters. The SMILES string of the molecule is Nc1ncnc(NCc2ccccc2[N+](=O)[O-])n1. The summed E-state index contributed by atoms with van der Waals surface area (Å²) in [6.45, 7) is 0.237. The average molecular weight is 246 g/mol. The second-order valence-electron chi connectivity index (χ2n) is 3.41. The molecular formula is C10H10N6O2. The maximum Gasteiger partial charge on any atom is 0.274 e. The number of nitro groups is 1. The van der Waals surface area contributed by atoms with Gasteiger partial charge in [-0.3, -0.25) is 10.1 Å². The lowest BCUT2D eigenvalue weighted by atomic mass is 10.2. The van der Waals surface area contributed by atoms with Gasteiger partial charge < -0.3 is 11.1 Å². The molecule has 1 aromatic heterocycles. The van der Waals surface area contributed by atoms with Gasteiger partial charge in [-0.1, -0.05) is 18.2 Å². The number of nitrogen functional groups attached to an aromatic ring is 1. The molecule has 0 fully saturated rings. The molecule has 0 atom stereocenters. The van der Waals surface area contributed by atoms with Crippen LogP contribution in [0, 0.1) is 10.1 Å². The largest absolute Gasteiger partial charge is 0.368 e. The third-order valence-corrected chi connectivity index (χ3v) is 2.22. The molecule has 1 heterocycles. The normalized spacial score (nSPS) is 10.0. The van der Waals surface area contributed by atoms with Crippen LogP contribution in [0.5, 0.6) is 0 Å². The number of hydrogen-bond donors (Lipinski definition) is 2. The highest BCUT2D eigenvalue weighted by Gasteiger charge is 2.12. The summed E-state index contributed by atoms with van der Waals surface area (Å²) in [6.07, 6.45) is 1.27. The molecule has 0 saturated carbocycles. The molecule has 0 aliphatic rings. The third kappa shape index (κ3) is 2.67. The Morgan fingerprint density at radius 3 is 2.83 bits per heavy atom. The molecule has 8 nitrogen and oxygen atoms in total. The van der Waals surface area contributed by atoms with Crippen LogP contribution >= 0.6 is 0 Å². The Hall–Kier alpha value is -2.77. The van der Waals surface area contributed by atoms with E-state index in [0.717, 1.165) is 0 Å². The van der Waals surface area contributed by atoms with E-state index in [1.165, 1.54) is 12.4 Å². The van der Waals surface area contributed by atoms with Gasteiger partial charge in [-0.15, -0.1) is 0 Å². The molecule has 18 heavy (non-hydrogen) atoms. The van der Waals surface area contributed by atoms with Crippen LogP contribution in [0.15, 0.2) is 30.6 Å². The second-order valence-corrected chi connectivity index (χ2v) is 3.41. The van der Waals surface area contributed by atoms with Crippen molar-refractivity contribution in [1.82, 2.24) is 15.0 Å². The minimum Gasteiger partial charge on any atom is -0.368 e. The Morgan fingerprint density at radius 1 is 1.33 bits per heavy atom. The van der Waals surface area contributed by atoms with Crippen LogP contribution in [0.4, 0.5) is 17.6 Å². The average Bonchev–Trinajstić information content (AvgIpc) is 2.37. The molecule has 92 valence electrons. The quantitative estimate of drug-likeness (QED) is 0.609. The number of hydrogen-bond acceptors (Lipinski definition) is 7. The molecule has 0 amide bonds. The van der Waals surface area contributed by atoms with E-state index in [2.05, 4.69) is 20.3 Å². The maximum atomic E-state index is 10.8. The van der Waals surface area contributed by atoms with Gasteiger partial charge in [0.15, 0.2) is 0 Å². The van der Waals surface area contributed by atoms with Gasteiger partial charge in [-0.05, 0) is 0 Å². The first-order chi connectivity index (χ1) is 8.66. The van der Waals surface area contributed by atoms with E-state index in [1.807, 2.05) is 0 Å². The van der Waals surface area contributed by atoms with Crippen molar-refractivity contribution in [2.75, 3.05) is 11.1 Å². The predicted molar refractivity (Wildman–Crippen MR) is 64.7 cm³/mol. The summed E-state index contributed by atoms with van der Waals surface area (Å²) in [6, 6.07) is 6.45. The summed E-state index contributed by atoms with van der Waals surface area (Å²) >= 11 is 0. The van der Waals surface area contributed by atoms with Gasteiger partial charge in [0.05, 0.1) is 4.92 Å². The molecule has 0 spiro atoms. The summed E-state index contributed by atoms with van der Waals surface area (Å²) in [5.74, 6) is 0.371. The van der Waals surface area contributed by atoms with Crippen molar-refractivity contribution in [3.8, 4) is 0 Å². The molecule has 0 aliphatic carbocycles. The van der Waals surface area contributed by atoms with E-state index in [-0.39, 0.29) is 24.1 Å². The molecule has 8 heteroatoms. The third-order valence-electron chi connectivity index (χ3n) is 2.22. The minimum atomic E-state index is -0.432. The standard InChI is InChI=1S/C10H10N6O2/c11-9-13-6-14-10(15-9)12-5-7-3-1-2-4-8(7)16(17)18/h1-4,6H,5H2,(H3,11,12,13,14,15). The summed E-state index contributed by atoms with van der Waals surface area (Å²) < 4.78 is 0. The molecule has 1 aromatic carbocycles. The monoisotopic (exact) mass is 246 g/mol. The molecule has 0 aliphatic heterocycles. The van der Waals surface area contributed by atoms with Crippen molar-refractivity contribution in [2.24, 2.45) is 0 Å². The van der Waals surface area contributed by atoms with Crippen LogP contribution in [0.25, 0.3) is 0 Å². The highest BCUT2D eigenvalue weighted by atomic mass is 16.6. The maximum absolute atomic E-state index is 10.8. The summed E-state index contributed by atoms with van der Waals surface area (Å²) in [5, 5.41) is 13.7. The lowest BCUT2D eigenvalue weighted by Gasteiger charge is -2.05. The Kier molecular flexibility index (Phi) is 3.28. The van der Waals surface area contributed by atoms with Crippen LogP contribution in [0.1, 0.15) is 5.56 Å². The van der Waals surface area contributed by atoms with E-state index in [1.54, 1.807) is 18.2 Å². The fourth-order valence-electron chi connectivity index (χ4n) is 1.41. The van der Waals surface area contributed by atoms with Gasteiger partial charge in [-0.2, -0.15) is 4.98 Å². The molecule has 2 aromatic rings. The van der Waals surface area contributed by atoms with Crippen molar-refractivity contribution in [2.45, 2.75) is 6.54 Å². The molecule has 0 bridgehead atoms. The Morgan fingerprint density at radius 2 is 2.11 bits per heavy atom. The molecule has 3 N–H and O–H groups in total. The minimum absolute atomic E-state index is 0.0482. The van der Waals surface area contributed by atoms with Gasteiger partial charge in [-0.25, -0.2) is 9.97 Å². The van der Waals surface area contributed by atoms with Gasteiger partial charge in [0, 0.05) is 18.2 Å². The number of anilines is 2. The van der Waals surface area contributed by atoms with E-state index in [4.69, 9.17) is 5.73 Å². The van der Waals surface area contributed by atoms with E-state index >= 15 is 0 Å². The Bertz CT molecular complexity index is 574. The molecule has 0 radical (unpaired) electrons. The van der Waals surface area contributed by atoms with E-state index in [0.29, 0.717) is 5.56 Å². The number of nitrogens with two attached hydrogens (primary N) is 1. The zero-order valence-corrected chi connectivity index (χ0v) is 9.28. The fraction of sp³-hybridized carbons (Fsp3) is 0.100. The predicted octanol–water partition coefficient (Wildman–Crippen LogP) is 0.974. The highest BCUT2D eigenvalue weighted by Crippen LogP contribution is 2.18. The molecule has 2 rings (SSSR count). The summed E-state index contributed by atoms with van der Waals surface area (Å²) in [5.41, 5.74) is 5.99. The first kappa shape index (κ1) is 11.7. The Balaban J connectivity index is 2.13. The van der Waals surface area contributed by atoms with E-state index < -0.39 is 4.92 Å². The summed E-state index contributed by atoms with van der Waals surface area (Å²) in [4.78, 5) is 21.7. The molecule has 0 saturated heterocycles. The Labute approximate surface area is 102 Å². The van der Waals surface area contributed by atoms with E-state index in [9.17, 15) is 10.1 Å². The number of benzene rings is 1. The smallest absolute Gasteiger partial charge is 0.274 e. The van der Waals surface area contributed by atoms with Crippen LogP contribution in [0.2, 0.25) is 0 Å². The number of rotatable bonds is 4. The first-order valence-corrected chi connectivity index (χ1v) is 5.07. The van der Waals surface area contributed by atoms with Crippen molar-refractivity contribution < 1.29 is 4.92 Å². The number of nitrogens with one attached hydrogen (secondary N) is 1. The zero-order chi connectivity index (χ0) is 13.0. The van der Waals surface area contributed by atoms with Crippen LogP contribution < -0.4 is 11.1 Å². The topological polar surface area (TPSA) is 120 Å². The van der Waals surface area contributed by atoms with Gasteiger partial charge in [0.25, 0.3) is 5.69 Å². The van der Waals surface area contributed by atoms with Crippen molar-refractivity contribution in [3.63, 3.8) is 0 Å². The number of aromatic nitrogens is 3. The lowest BCUT2D eigenvalue weighted by molar-refractivity contribution is -0.385. The lowest BCUT2D eigenvalue weighted by Crippen LogP contribution is -2.07. The van der Waals surface area contributed by atoms with Crippen LogP contribution in [-0.4, -0.2) is 19.9 Å². The van der Waals surface area contributed by atoms with Crippen LogP contribution in [0.3, 0.4) is 0 Å². The van der Waals surface area contributed by atoms with Crippen molar-refractivity contribution in [1.29, 1.82) is 0 Å². The molecular weight excluding hydrogens is 236 g/mol. The first-order valence-electron chi connectivity index (χ1n) is 5.07. The summed E-state index contributed by atoms with van der Waals surface area (Å²) in [7, 11) is 0. The number of nitro benzene ring substituents is 1. The number of para-hydroxylation sites is 1. The van der Waals surface area contributed by atoms with Crippen molar-refractivity contribution in [3.05, 3.63) is 46.3 Å². The number of nitrogens with zero attached hydrogens (tertiary/aromatic N) is 4. The van der Waals surface area contributed by atoms with Gasteiger partial charge in [0.1, 0.15) is 6.33 Å². The fourth-order valence-corrected chi connectivity index (χ4v) is 1.41.